The first-order valence-corrected chi connectivity index (χ1v) is 21.3. The van der Waals surface area contributed by atoms with Gasteiger partial charge in [0.2, 0.25) is 0 Å². The monoisotopic (exact) mass is 729 g/mol. The van der Waals surface area contributed by atoms with Gasteiger partial charge in [-0.05, 0) is 102 Å². The van der Waals surface area contributed by atoms with Gasteiger partial charge in [0.15, 0.2) is 8.07 Å². The molecule has 0 fully saturated rings. The number of hydrogen-bond acceptors (Lipinski definition) is 1. The first kappa shape index (κ1) is 33.6. The summed E-state index contributed by atoms with van der Waals surface area (Å²) in [5.41, 5.74) is 13.4. The van der Waals surface area contributed by atoms with Crippen LogP contribution in [-0.2, 0) is 0 Å². The summed E-state index contributed by atoms with van der Waals surface area (Å²) in [6.07, 6.45) is 0. The van der Waals surface area contributed by atoms with Crippen LogP contribution >= 0.6 is 0 Å². The van der Waals surface area contributed by atoms with Crippen molar-refractivity contribution in [3.8, 4) is 44.5 Å². The van der Waals surface area contributed by atoms with E-state index in [1.165, 1.54) is 65.3 Å². The molecule has 0 bridgehead atoms. The smallest absolute Gasteiger partial charge is 0.180 e. The van der Waals surface area contributed by atoms with Gasteiger partial charge >= 0.3 is 0 Å². The molecular weight excluding hydrogens is 691 g/mol. The molecule has 1 aliphatic heterocycles. The highest BCUT2D eigenvalue weighted by Gasteiger charge is 2.49. The molecule has 9 aromatic rings. The fourth-order valence-electron chi connectivity index (χ4n) is 8.84. The maximum Gasteiger partial charge on any atom is 0.180 e. The van der Waals surface area contributed by atoms with Crippen molar-refractivity contribution in [3.63, 3.8) is 0 Å². The van der Waals surface area contributed by atoms with Gasteiger partial charge in [0.25, 0.3) is 0 Å². The number of anilines is 3. The van der Waals surface area contributed by atoms with Crippen LogP contribution in [0.5, 0.6) is 0 Å². The third kappa shape index (κ3) is 5.71. The summed E-state index contributed by atoms with van der Waals surface area (Å²) in [7, 11) is -2.57. The largest absolute Gasteiger partial charge is 0.311 e. The quantitative estimate of drug-likeness (QED) is 0.141. The van der Waals surface area contributed by atoms with Crippen LogP contribution in [0.3, 0.4) is 0 Å². The van der Waals surface area contributed by atoms with Crippen molar-refractivity contribution in [1.82, 2.24) is 0 Å². The Bertz CT molecular complexity index is 2620. The Hall–Kier alpha value is -7.00. The summed E-state index contributed by atoms with van der Waals surface area (Å²) in [6, 6.07) is 86.8. The topological polar surface area (TPSA) is 3.24 Å². The van der Waals surface area contributed by atoms with E-state index in [2.05, 4.69) is 241 Å². The number of nitrogens with zero attached hydrogens (tertiary/aromatic N) is 1. The molecular formula is C54H39NSi. The minimum atomic E-state index is -2.57. The van der Waals surface area contributed by atoms with Gasteiger partial charge in [-0.3, -0.25) is 0 Å². The highest BCUT2D eigenvalue weighted by atomic mass is 28.3. The third-order valence-electron chi connectivity index (χ3n) is 11.4. The Balaban J connectivity index is 1.09. The molecule has 0 aliphatic carbocycles. The van der Waals surface area contributed by atoms with Crippen molar-refractivity contribution < 1.29 is 0 Å². The summed E-state index contributed by atoms with van der Waals surface area (Å²) in [5, 5.41) is 5.74. The fraction of sp³-hybridized carbons (Fsp3) is 0. The Kier molecular flexibility index (Phi) is 8.59. The standard InChI is InChI=1S/C54H39NSi/c1-5-16-40(17-6-1)42-28-34-45(35-29-42)55(46-36-30-43(31-37-46)41-18-7-2-8-19-41)47-38-32-44(33-39-47)50-25-15-27-53-54(50)51-24-13-14-26-52(51)56(53,48-20-9-3-10-21-48)49-22-11-4-12-23-49/h1-39H. The van der Waals surface area contributed by atoms with E-state index >= 15 is 0 Å². The average molecular weight is 730 g/mol. The number of rotatable bonds is 8. The van der Waals surface area contributed by atoms with Crippen LogP contribution in [0.15, 0.2) is 237 Å². The molecule has 1 aliphatic rings. The summed E-state index contributed by atoms with van der Waals surface area (Å²) in [6.45, 7) is 0. The van der Waals surface area contributed by atoms with Gasteiger partial charge in [-0.2, -0.15) is 0 Å². The molecule has 0 atom stereocenters. The molecule has 10 rings (SSSR count). The number of benzene rings is 9. The van der Waals surface area contributed by atoms with Crippen LogP contribution in [0.25, 0.3) is 44.5 Å². The lowest BCUT2D eigenvalue weighted by Gasteiger charge is -2.31. The Labute approximate surface area is 330 Å². The fourth-order valence-corrected chi connectivity index (χ4v) is 14.0. The highest BCUT2D eigenvalue weighted by Crippen LogP contribution is 2.40. The Morgan fingerprint density at radius 1 is 0.250 bits per heavy atom. The van der Waals surface area contributed by atoms with E-state index < -0.39 is 8.07 Å². The van der Waals surface area contributed by atoms with E-state index in [4.69, 9.17) is 0 Å². The van der Waals surface area contributed by atoms with Crippen molar-refractivity contribution in [2.75, 3.05) is 4.90 Å². The van der Waals surface area contributed by atoms with Gasteiger partial charge in [-0.1, -0.05) is 200 Å². The second-order valence-corrected chi connectivity index (χ2v) is 18.2. The maximum absolute atomic E-state index is 2.57. The second kappa shape index (κ2) is 14.3. The summed E-state index contributed by atoms with van der Waals surface area (Å²) in [5.74, 6) is 0. The number of fused-ring (bicyclic) bond motifs is 3. The summed E-state index contributed by atoms with van der Waals surface area (Å²) < 4.78 is 0. The van der Waals surface area contributed by atoms with Crippen LogP contribution in [-0.4, -0.2) is 8.07 Å². The molecule has 0 saturated heterocycles. The van der Waals surface area contributed by atoms with Crippen molar-refractivity contribution >= 4 is 45.9 Å². The lowest BCUT2D eigenvalue weighted by molar-refractivity contribution is 1.28. The molecule has 0 N–H and O–H groups in total. The molecule has 1 heterocycles. The molecule has 56 heavy (non-hydrogen) atoms. The summed E-state index contributed by atoms with van der Waals surface area (Å²) in [4.78, 5) is 2.36. The van der Waals surface area contributed by atoms with Crippen LogP contribution in [0.1, 0.15) is 0 Å². The molecule has 9 aromatic carbocycles. The van der Waals surface area contributed by atoms with E-state index in [1.807, 2.05) is 0 Å². The second-order valence-electron chi connectivity index (χ2n) is 14.5. The van der Waals surface area contributed by atoms with Crippen molar-refractivity contribution in [2.45, 2.75) is 0 Å². The summed E-state index contributed by atoms with van der Waals surface area (Å²) >= 11 is 0. The van der Waals surface area contributed by atoms with Crippen molar-refractivity contribution in [1.29, 1.82) is 0 Å². The van der Waals surface area contributed by atoms with Gasteiger partial charge in [0.05, 0.1) is 0 Å². The van der Waals surface area contributed by atoms with Gasteiger partial charge in [0.1, 0.15) is 0 Å². The Morgan fingerprint density at radius 3 is 1.09 bits per heavy atom. The van der Waals surface area contributed by atoms with E-state index in [1.54, 1.807) is 0 Å². The third-order valence-corrected chi connectivity index (χ3v) is 16.3. The normalized spacial score (nSPS) is 12.4. The molecule has 1 nitrogen and oxygen atoms in total. The van der Waals surface area contributed by atoms with Gasteiger partial charge < -0.3 is 4.90 Å². The molecule has 2 heteroatoms. The van der Waals surface area contributed by atoms with Crippen molar-refractivity contribution in [3.05, 3.63) is 237 Å². The molecule has 0 saturated carbocycles. The minimum Gasteiger partial charge on any atom is -0.311 e. The van der Waals surface area contributed by atoms with E-state index in [0.717, 1.165) is 17.1 Å². The molecule has 0 unspecified atom stereocenters. The number of hydrogen-bond donors (Lipinski definition) is 0. The first-order valence-electron chi connectivity index (χ1n) is 19.3. The predicted octanol–water partition coefficient (Wildman–Crippen LogP) is 11.5. The van der Waals surface area contributed by atoms with E-state index in [9.17, 15) is 0 Å². The molecule has 0 spiro atoms. The zero-order chi connectivity index (χ0) is 37.3. The molecule has 0 amide bonds. The van der Waals surface area contributed by atoms with Crippen LogP contribution in [0.2, 0.25) is 0 Å². The zero-order valence-electron chi connectivity index (χ0n) is 31.0. The molecule has 264 valence electrons. The molecule has 0 radical (unpaired) electrons. The van der Waals surface area contributed by atoms with Crippen LogP contribution in [0.4, 0.5) is 17.1 Å². The minimum absolute atomic E-state index is 1.11. The maximum atomic E-state index is 2.40. The van der Waals surface area contributed by atoms with Crippen LogP contribution < -0.4 is 25.6 Å². The van der Waals surface area contributed by atoms with E-state index in [-0.39, 0.29) is 0 Å². The van der Waals surface area contributed by atoms with Gasteiger partial charge in [-0.25, -0.2) is 0 Å². The predicted molar refractivity (Wildman–Crippen MR) is 240 cm³/mol. The Morgan fingerprint density at radius 2 is 0.607 bits per heavy atom. The SMILES string of the molecule is c1ccc(-c2ccc(N(c3ccc(-c4ccccc4)cc3)c3ccc(-c4cccc5c4-c4ccccc4[Si]5(c4ccccc4)c4ccccc4)cc3)cc2)cc1. The van der Waals surface area contributed by atoms with Crippen LogP contribution in [0, 0.1) is 0 Å². The average Bonchev–Trinajstić information content (AvgIpc) is 3.60. The van der Waals surface area contributed by atoms with Gasteiger partial charge in [0, 0.05) is 17.1 Å². The highest BCUT2D eigenvalue weighted by molar-refractivity contribution is 7.22. The van der Waals surface area contributed by atoms with Crippen molar-refractivity contribution in [2.24, 2.45) is 0 Å². The van der Waals surface area contributed by atoms with Gasteiger partial charge in [-0.15, -0.1) is 0 Å². The lowest BCUT2D eigenvalue weighted by atomic mass is 9.94. The molecule has 0 aromatic heterocycles. The lowest BCUT2D eigenvalue weighted by Crippen LogP contribution is -2.72. The zero-order valence-corrected chi connectivity index (χ0v) is 32.0. The first-order chi connectivity index (χ1) is 27.8. The van der Waals surface area contributed by atoms with E-state index in [0.29, 0.717) is 0 Å².